The summed E-state index contributed by atoms with van der Waals surface area (Å²) >= 11 is 0. The van der Waals surface area contributed by atoms with Crippen LogP contribution in [0, 0.1) is 26.6 Å². The molecule has 3 aromatic rings. The zero-order chi connectivity index (χ0) is 30.4. The van der Waals surface area contributed by atoms with Gasteiger partial charge in [0.1, 0.15) is 18.4 Å². The van der Waals surface area contributed by atoms with E-state index in [-0.39, 0.29) is 23.4 Å². The van der Waals surface area contributed by atoms with E-state index in [1.807, 2.05) is 33.8 Å². The number of carbonyl (C=O) groups excluding carboxylic acids is 2. The Bertz CT molecular complexity index is 1500. The van der Waals surface area contributed by atoms with Crippen LogP contribution in [0.3, 0.4) is 0 Å². The molecule has 7 nitrogen and oxygen atoms in total. The van der Waals surface area contributed by atoms with Gasteiger partial charge in [-0.3, -0.25) is 13.9 Å². The lowest BCUT2D eigenvalue weighted by Gasteiger charge is -2.34. The smallest absolute Gasteiger partial charge is 0.264 e. The second-order valence-electron chi connectivity index (χ2n) is 11.1. The number of benzene rings is 3. The normalized spacial score (nSPS) is 14.4. The standard InChI is InChI=1S/C33H40FN3O4S/c1-5-30(33(39)35-28-10-6-7-11-28)36(21-26-15-17-27(34)18-16-26)32(38)22-37(31-12-8-9-24(3)25(31)4)42(40,41)29-19-13-23(2)14-20-29/h8-9,12-20,28,30H,5-7,10-11,21-22H2,1-4H3,(H,35,39)/t30-/m0/s1. The average Bonchev–Trinajstić information content (AvgIpc) is 3.47. The van der Waals surface area contributed by atoms with Gasteiger partial charge in [0, 0.05) is 12.6 Å². The molecule has 9 heteroatoms. The van der Waals surface area contributed by atoms with Crippen LogP contribution in [0.5, 0.6) is 0 Å². The van der Waals surface area contributed by atoms with Crippen molar-refractivity contribution in [2.75, 3.05) is 10.8 Å². The highest BCUT2D eigenvalue weighted by Gasteiger charge is 2.35. The van der Waals surface area contributed by atoms with E-state index in [0.717, 1.165) is 46.7 Å². The molecular weight excluding hydrogens is 553 g/mol. The third-order valence-corrected chi connectivity index (χ3v) is 9.86. The van der Waals surface area contributed by atoms with Crippen molar-refractivity contribution in [1.82, 2.24) is 10.2 Å². The second-order valence-corrected chi connectivity index (χ2v) is 13.0. The van der Waals surface area contributed by atoms with Crippen LogP contribution in [-0.2, 0) is 26.2 Å². The summed E-state index contributed by atoms with van der Waals surface area (Å²) in [5.74, 6) is -1.20. The lowest BCUT2D eigenvalue weighted by molar-refractivity contribution is -0.140. The number of rotatable bonds is 11. The van der Waals surface area contributed by atoms with Gasteiger partial charge in [0.05, 0.1) is 10.6 Å². The highest BCUT2D eigenvalue weighted by atomic mass is 32.2. The van der Waals surface area contributed by atoms with Crippen molar-refractivity contribution in [3.05, 3.63) is 94.8 Å². The quantitative estimate of drug-likeness (QED) is 0.304. The number of nitrogens with one attached hydrogen (secondary N) is 1. The second kappa shape index (κ2) is 13.5. The van der Waals surface area contributed by atoms with Crippen LogP contribution in [0.4, 0.5) is 10.1 Å². The molecule has 1 saturated carbocycles. The maximum absolute atomic E-state index is 14.2. The lowest BCUT2D eigenvalue weighted by Crippen LogP contribution is -2.53. The van der Waals surface area contributed by atoms with E-state index in [9.17, 15) is 22.4 Å². The first-order valence-corrected chi connectivity index (χ1v) is 15.9. The molecule has 2 amide bonds. The number of hydrogen-bond donors (Lipinski definition) is 1. The predicted molar refractivity (Wildman–Crippen MR) is 163 cm³/mol. The minimum Gasteiger partial charge on any atom is -0.352 e. The van der Waals surface area contributed by atoms with Crippen molar-refractivity contribution in [2.45, 2.75) is 83.3 Å². The van der Waals surface area contributed by atoms with Crippen molar-refractivity contribution < 1.29 is 22.4 Å². The number of carbonyl (C=O) groups is 2. The Kier molecular flexibility index (Phi) is 10.0. The third kappa shape index (κ3) is 7.18. The van der Waals surface area contributed by atoms with Crippen LogP contribution in [0.15, 0.2) is 71.6 Å². The van der Waals surface area contributed by atoms with Crippen LogP contribution < -0.4 is 9.62 Å². The first kappa shape index (κ1) is 31.2. The van der Waals surface area contributed by atoms with Gasteiger partial charge in [-0.2, -0.15) is 0 Å². The topological polar surface area (TPSA) is 86.8 Å². The Balaban J connectivity index is 1.74. The van der Waals surface area contributed by atoms with Gasteiger partial charge in [0.15, 0.2) is 0 Å². The molecule has 0 aromatic heterocycles. The first-order chi connectivity index (χ1) is 20.0. The van der Waals surface area contributed by atoms with Crippen molar-refractivity contribution in [2.24, 2.45) is 0 Å². The van der Waals surface area contributed by atoms with E-state index in [1.54, 1.807) is 36.4 Å². The third-order valence-electron chi connectivity index (χ3n) is 8.09. The van der Waals surface area contributed by atoms with Gasteiger partial charge in [0.25, 0.3) is 10.0 Å². The van der Waals surface area contributed by atoms with E-state index >= 15 is 0 Å². The molecule has 1 fully saturated rings. The van der Waals surface area contributed by atoms with E-state index in [0.29, 0.717) is 17.7 Å². The van der Waals surface area contributed by atoms with Gasteiger partial charge >= 0.3 is 0 Å². The molecule has 0 spiro atoms. The fraction of sp³-hybridized carbons (Fsp3) is 0.394. The zero-order valence-corrected chi connectivity index (χ0v) is 25.6. The number of sulfonamides is 1. The van der Waals surface area contributed by atoms with Crippen LogP contribution >= 0.6 is 0 Å². The molecule has 1 aliphatic carbocycles. The summed E-state index contributed by atoms with van der Waals surface area (Å²) < 4.78 is 43.0. The number of aryl methyl sites for hydroxylation is 2. The summed E-state index contributed by atoms with van der Waals surface area (Å²) in [6.07, 6.45) is 4.20. The lowest BCUT2D eigenvalue weighted by atomic mass is 10.1. The largest absolute Gasteiger partial charge is 0.352 e. The van der Waals surface area contributed by atoms with Gasteiger partial charge in [-0.25, -0.2) is 12.8 Å². The predicted octanol–water partition coefficient (Wildman–Crippen LogP) is 5.81. The Morgan fingerprint density at radius 3 is 2.21 bits per heavy atom. The van der Waals surface area contributed by atoms with Crippen molar-refractivity contribution in [3.8, 4) is 0 Å². The van der Waals surface area contributed by atoms with E-state index in [1.165, 1.54) is 29.2 Å². The molecule has 1 atom stereocenters. The number of anilines is 1. The molecule has 0 saturated heterocycles. The molecule has 0 unspecified atom stereocenters. The molecule has 4 rings (SSSR count). The fourth-order valence-electron chi connectivity index (χ4n) is 5.43. The van der Waals surface area contributed by atoms with Crippen molar-refractivity contribution in [3.63, 3.8) is 0 Å². The highest BCUT2D eigenvalue weighted by molar-refractivity contribution is 7.92. The summed E-state index contributed by atoms with van der Waals surface area (Å²) in [6, 6.07) is 16.8. The van der Waals surface area contributed by atoms with Crippen molar-refractivity contribution >= 4 is 27.5 Å². The maximum Gasteiger partial charge on any atom is 0.264 e. The van der Waals surface area contributed by atoms with Crippen LogP contribution in [-0.4, -0.2) is 43.8 Å². The summed E-state index contributed by atoms with van der Waals surface area (Å²) in [5.41, 5.74) is 3.56. The molecule has 0 bridgehead atoms. The summed E-state index contributed by atoms with van der Waals surface area (Å²) in [6.45, 7) is 6.94. The molecule has 224 valence electrons. The Hall–Kier alpha value is -3.72. The Labute approximate surface area is 248 Å². The number of halogens is 1. The molecular formula is C33H40FN3O4S. The van der Waals surface area contributed by atoms with Crippen molar-refractivity contribution in [1.29, 1.82) is 0 Å². The van der Waals surface area contributed by atoms with Gasteiger partial charge < -0.3 is 10.2 Å². The summed E-state index contributed by atoms with van der Waals surface area (Å²) in [4.78, 5) is 29.3. The van der Waals surface area contributed by atoms with Crippen LogP contribution in [0.25, 0.3) is 0 Å². The number of nitrogens with zero attached hydrogens (tertiary/aromatic N) is 2. The Morgan fingerprint density at radius 1 is 0.952 bits per heavy atom. The van der Waals surface area contributed by atoms with Gasteiger partial charge in [-0.1, -0.05) is 61.7 Å². The fourth-order valence-corrected chi connectivity index (χ4v) is 6.90. The minimum atomic E-state index is -4.15. The van der Waals surface area contributed by atoms with E-state index < -0.39 is 34.3 Å². The monoisotopic (exact) mass is 593 g/mol. The van der Waals surface area contributed by atoms with Gasteiger partial charge in [0.2, 0.25) is 11.8 Å². The molecule has 42 heavy (non-hydrogen) atoms. The van der Waals surface area contributed by atoms with E-state index in [2.05, 4.69) is 5.32 Å². The minimum absolute atomic E-state index is 0.0287. The summed E-state index contributed by atoms with van der Waals surface area (Å²) in [7, 11) is -4.15. The molecule has 1 N–H and O–H groups in total. The zero-order valence-electron chi connectivity index (χ0n) is 24.8. The highest BCUT2D eigenvalue weighted by Crippen LogP contribution is 2.29. The SMILES string of the molecule is CC[C@@H](C(=O)NC1CCCC1)N(Cc1ccc(F)cc1)C(=O)CN(c1cccc(C)c1C)S(=O)(=O)c1ccc(C)cc1. The molecule has 0 heterocycles. The van der Waals surface area contributed by atoms with Crippen LogP contribution in [0.1, 0.15) is 61.3 Å². The molecule has 1 aliphatic rings. The molecule has 0 aliphatic heterocycles. The molecule has 3 aromatic carbocycles. The average molecular weight is 594 g/mol. The number of amides is 2. The van der Waals surface area contributed by atoms with Gasteiger partial charge in [-0.05, 0) is 87.1 Å². The van der Waals surface area contributed by atoms with Gasteiger partial charge in [-0.15, -0.1) is 0 Å². The molecule has 0 radical (unpaired) electrons. The van der Waals surface area contributed by atoms with E-state index in [4.69, 9.17) is 0 Å². The van der Waals surface area contributed by atoms with Crippen LogP contribution in [0.2, 0.25) is 0 Å². The maximum atomic E-state index is 14.2. The Morgan fingerprint density at radius 2 is 1.60 bits per heavy atom. The summed E-state index contributed by atoms with van der Waals surface area (Å²) in [5, 5.41) is 3.10. The number of hydrogen-bond acceptors (Lipinski definition) is 4. The first-order valence-electron chi connectivity index (χ1n) is 14.5.